The number of hydrogen-bond donors (Lipinski definition) is 3. The molecule has 0 atom stereocenters. The molecule has 4 rings (SSSR count). The van der Waals surface area contributed by atoms with E-state index in [2.05, 4.69) is 26.9 Å². The summed E-state index contributed by atoms with van der Waals surface area (Å²) in [5.74, 6) is 1.01. The highest BCUT2D eigenvalue weighted by Gasteiger charge is 2.22. The highest BCUT2D eigenvalue weighted by molar-refractivity contribution is 5.94. The molecular formula is C15H16N4O. The summed E-state index contributed by atoms with van der Waals surface area (Å²) >= 11 is 0. The number of benzene rings is 1. The first-order valence-electron chi connectivity index (χ1n) is 7.03. The van der Waals surface area contributed by atoms with Crippen molar-refractivity contribution >= 4 is 17.4 Å². The molecule has 1 aromatic carbocycles. The molecule has 0 saturated heterocycles. The van der Waals surface area contributed by atoms with Crippen molar-refractivity contribution in [2.75, 3.05) is 10.6 Å². The standard InChI is InChI=1S/C15H16N4O/c20-15-6-2-9-7-10(1-5-12(9)17-15)13-8-14(19-18-13)16-11-3-4-11/h1,5,7-8,11H,2-4,6H2,(H,17,20)(H2,16,18,19). The fourth-order valence-corrected chi connectivity index (χ4v) is 2.53. The molecule has 1 aromatic heterocycles. The van der Waals surface area contributed by atoms with Crippen molar-refractivity contribution in [3.8, 4) is 11.3 Å². The second-order valence-corrected chi connectivity index (χ2v) is 5.51. The number of aromatic amines is 1. The summed E-state index contributed by atoms with van der Waals surface area (Å²) in [4.78, 5) is 11.4. The molecule has 1 aliphatic heterocycles. The number of nitrogens with zero attached hydrogens (tertiary/aromatic N) is 1. The molecule has 5 nitrogen and oxygen atoms in total. The number of nitrogens with one attached hydrogen (secondary N) is 3. The molecule has 0 bridgehead atoms. The maximum absolute atomic E-state index is 11.4. The second-order valence-electron chi connectivity index (χ2n) is 5.51. The molecule has 3 N–H and O–H groups in total. The average molecular weight is 268 g/mol. The first-order chi connectivity index (χ1) is 9.78. The van der Waals surface area contributed by atoms with Gasteiger partial charge in [0.25, 0.3) is 0 Å². The van der Waals surface area contributed by atoms with Crippen molar-refractivity contribution in [3.05, 3.63) is 29.8 Å². The number of aryl methyl sites for hydroxylation is 1. The van der Waals surface area contributed by atoms with Crippen LogP contribution in [0.1, 0.15) is 24.8 Å². The van der Waals surface area contributed by atoms with E-state index in [-0.39, 0.29) is 5.91 Å². The minimum absolute atomic E-state index is 0.0997. The zero-order valence-electron chi connectivity index (χ0n) is 11.1. The number of fused-ring (bicyclic) bond motifs is 1. The molecular weight excluding hydrogens is 252 g/mol. The number of hydrogen-bond acceptors (Lipinski definition) is 3. The lowest BCUT2D eigenvalue weighted by Gasteiger charge is -2.17. The summed E-state index contributed by atoms with van der Waals surface area (Å²) in [5, 5.41) is 13.6. The van der Waals surface area contributed by atoms with Gasteiger partial charge in [-0.25, -0.2) is 0 Å². The lowest BCUT2D eigenvalue weighted by Crippen LogP contribution is -2.18. The summed E-state index contributed by atoms with van der Waals surface area (Å²) < 4.78 is 0. The summed E-state index contributed by atoms with van der Waals surface area (Å²) in [6.07, 6.45) is 3.84. The van der Waals surface area contributed by atoms with Crippen LogP contribution in [0.2, 0.25) is 0 Å². The van der Waals surface area contributed by atoms with Crippen LogP contribution >= 0.6 is 0 Å². The van der Waals surface area contributed by atoms with Gasteiger partial charge in [-0.3, -0.25) is 9.89 Å². The van der Waals surface area contributed by atoms with Crippen LogP contribution in [-0.4, -0.2) is 22.1 Å². The molecule has 0 unspecified atom stereocenters. The number of H-pyrrole nitrogens is 1. The smallest absolute Gasteiger partial charge is 0.224 e. The second kappa shape index (κ2) is 4.37. The predicted octanol–water partition coefficient (Wildman–Crippen LogP) is 2.54. The first kappa shape index (κ1) is 11.5. The van der Waals surface area contributed by atoms with Gasteiger partial charge in [0.05, 0.1) is 5.69 Å². The van der Waals surface area contributed by atoms with Gasteiger partial charge in [0.15, 0.2) is 0 Å². The highest BCUT2D eigenvalue weighted by Crippen LogP contribution is 2.30. The third-order valence-corrected chi connectivity index (χ3v) is 3.82. The van der Waals surface area contributed by atoms with E-state index in [0.717, 1.165) is 29.2 Å². The van der Waals surface area contributed by atoms with Gasteiger partial charge in [-0.1, -0.05) is 6.07 Å². The van der Waals surface area contributed by atoms with Gasteiger partial charge >= 0.3 is 0 Å². The van der Waals surface area contributed by atoms with Crippen LogP contribution in [0.3, 0.4) is 0 Å². The van der Waals surface area contributed by atoms with Gasteiger partial charge in [0, 0.05) is 29.8 Å². The van der Waals surface area contributed by atoms with Crippen LogP contribution in [-0.2, 0) is 11.2 Å². The number of aromatic nitrogens is 2. The number of rotatable bonds is 3. The van der Waals surface area contributed by atoms with E-state index in [0.29, 0.717) is 12.5 Å². The monoisotopic (exact) mass is 268 g/mol. The van der Waals surface area contributed by atoms with Crippen LogP contribution in [0.5, 0.6) is 0 Å². The Labute approximate surface area is 116 Å². The number of carbonyl (C=O) groups excluding carboxylic acids is 1. The molecule has 2 aromatic rings. The Bertz CT molecular complexity index is 672. The fourth-order valence-electron chi connectivity index (χ4n) is 2.53. The predicted molar refractivity (Wildman–Crippen MR) is 77.6 cm³/mol. The van der Waals surface area contributed by atoms with Crippen LogP contribution < -0.4 is 10.6 Å². The molecule has 5 heteroatoms. The van der Waals surface area contributed by atoms with Crippen molar-refractivity contribution in [1.82, 2.24) is 10.2 Å². The van der Waals surface area contributed by atoms with Crippen LogP contribution in [0.15, 0.2) is 24.3 Å². The van der Waals surface area contributed by atoms with Gasteiger partial charge in [-0.15, -0.1) is 0 Å². The van der Waals surface area contributed by atoms with Crippen LogP contribution in [0.25, 0.3) is 11.3 Å². The van der Waals surface area contributed by atoms with E-state index in [1.807, 2.05) is 18.2 Å². The van der Waals surface area contributed by atoms with E-state index >= 15 is 0 Å². The summed E-state index contributed by atoms with van der Waals surface area (Å²) in [6.45, 7) is 0. The minimum Gasteiger partial charge on any atom is -0.366 e. The molecule has 102 valence electrons. The molecule has 2 heterocycles. The summed E-state index contributed by atoms with van der Waals surface area (Å²) in [6, 6.07) is 8.75. The lowest BCUT2D eigenvalue weighted by atomic mass is 9.99. The van der Waals surface area contributed by atoms with Crippen molar-refractivity contribution < 1.29 is 4.79 Å². The van der Waals surface area contributed by atoms with E-state index in [9.17, 15) is 4.79 Å². The van der Waals surface area contributed by atoms with E-state index in [1.54, 1.807) is 0 Å². The Balaban J connectivity index is 1.61. The Morgan fingerprint density at radius 1 is 1.20 bits per heavy atom. The number of amides is 1. The molecule has 20 heavy (non-hydrogen) atoms. The maximum Gasteiger partial charge on any atom is 0.224 e. The molecule has 1 fully saturated rings. The van der Waals surface area contributed by atoms with Crippen molar-refractivity contribution in [2.24, 2.45) is 0 Å². The lowest BCUT2D eigenvalue weighted by molar-refractivity contribution is -0.116. The zero-order valence-corrected chi connectivity index (χ0v) is 11.1. The van der Waals surface area contributed by atoms with Crippen molar-refractivity contribution in [1.29, 1.82) is 0 Å². The third-order valence-electron chi connectivity index (χ3n) is 3.82. The molecule has 1 amide bonds. The Morgan fingerprint density at radius 2 is 2.10 bits per heavy atom. The van der Waals surface area contributed by atoms with Crippen LogP contribution in [0, 0.1) is 0 Å². The number of anilines is 2. The molecule has 0 spiro atoms. The van der Waals surface area contributed by atoms with Crippen molar-refractivity contribution in [3.63, 3.8) is 0 Å². The normalized spacial score (nSPS) is 17.5. The van der Waals surface area contributed by atoms with Gasteiger partial charge in [-0.05, 0) is 37.0 Å². The Morgan fingerprint density at radius 3 is 2.95 bits per heavy atom. The molecule has 0 radical (unpaired) electrons. The van der Waals surface area contributed by atoms with E-state index in [4.69, 9.17) is 0 Å². The largest absolute Gasteiger partial charge is 0.366 e. The Hall–Kier alpha value is -2.30. The first-order valence-corrected chi connectivity index (χ1v) is 7.03. The van der Waals surface area contributed by atoms with Crippen LogP contribution in [0.4, 0.5) is 11.5 Å². The highest BCUT2D eigenvalue weighted by atomic mass is 16.1. The Kier molecular flexibility index (Phi) is 2.52. The molecule has 1 aliphatic carbocycles. The SMILES string of the molecule is O=C1CCc2cc(-c3cc(NC4CC4)n[nH]3)ccc2N1. The quantitative estimate of drug-likeness (QED) is 0.801. The summed E-state index contributed by atoms with van der Waals surface area (Å²) in [7, 11) is 0. The topological polar surface area (TPSA) is 69.8 Å². The summed E-state index contributed by atoms with van der Waals surface area (Å²) in [5.41, 5.74) is 4.23. The molecule has 2 aliphatic rings. The van der Waals surface area contributed by atoms with E-state index in [1.165, 1.54) is 18.4 Å². The van der Waals surface area contributed by atoms with Gasteiger partial charge in [0.2, 0.25) is 5.91 Å². The van der Waals surface area contributed by atoms with Gasteiger partial charge in [0.1, 0.15) is 5.82 Å². The maximum atomic E-state index is 11.4. The van der Waals surface area contributed by atoms with Gasteiger partial charge < -0.3 is 10.6 Å². The third kappa shape index (κ3) is 2.15. The fraction of sp³-hybridized carbons (Fsp3) is 0.333. The zero-order chi connectivity index (χ0) is 13.5. The number of carbonyl (C=O) groups is 1. The van der Waals surface area contributed by atoms with E-state index < -0.39 is 0 Å². The van der Waals surface area contributed by atoms with Gasteiger partial charge in [-0.2, -0.15) is 5.10 Å². The molecule has 1 saturated carbocycles. The minimum atomic E-state index is 0.0997. The van der Waals surface area contributed by atoms with Crippen molar-refractivity contribution in [2.45, 2.75) is 31.7 Å². The average Bonchev–Trinajstić information content (AvgIpc) is 3.14.